The van der Waals surface area contributed by atoms with Gasteiger partial charge in [-0.3, -0.25) is 19.2 Å². The van der Waals surface area contributed by atoms with Gasteiger partial charge in [0.2, 0.25) is 5.91 Å². The van der Waals surface area contributed by atoms with Gasteiger partial charge in [-0.2, -0.15) is 0 Å². The van der Waals surface area contributed by atoms with E-state index >= 15 is 0 Å². The molecule has 0 atom stereocenters. The molecule has 0 aliphatic carbocycles. The molecule has 0 spiro atoms. The summed E-state index contributed by atoms with van der Waals surface area (Å²) in [6, 6.07) is 18.7. The van der Waals surface area contributed by atoms with Crippen molar-refractivity contribution in [2.75, 3.05) is 16.8 Å². The number of esters is 1. The van der Waals surface area contributed by atoms with Gasteiger partial charge in [-0.1, -0.05) is 32.9 Å². The van der Waals surface area contributed by atoms with Gasteiger partial charge in [-0.05, 0) is 60.7 Å². The van der Waals surface area contributed by atoms with E-state index in [1.807, 2.05) is 0 Å². The number of hydrogen-bond acceptors (Lipinski definition) is 6. The van der Waals surface area contributed by atoms with Crippen LogP contribution in [0.5, 0.6) is 0 Å². The Morgan fingerprint density at radius 2 is 1.31 bits per heavy atom. The molecule has 0 radical (unpaired) electrons. The summed E-state index contributed by atoms with van der Waals surface area (Å²) >= 11 is 0. The number of carbonyl (C=O) groups is 5. The quantitative estimate of drug-likeness (QED) is 0.313. The second kappa shape index (κ2) is 9.58. The Balaban J connectivity index is 1.35. The van der Waals surface area contributed by atoms with E-state index < -0.39 is 35.6 Å². The van der Waals surface area contributed by atoms with Crippen molar-refractivity contribution in [2.45, 2.75) is 20.8 Å². The third-order valence-electron chi connectivity index (χ3n) is 5.64. The van der Waals surface area contributed by atoms with Gasteiger partial charge >= 0.3 is 5.97 Å². The maximum Gasteiger partial charge on any atom is 0.338 e. The molecule has 4 rings (SSSR count). The SMILES string of the molecule is CC(C)(C)C(=O)Nc1ccc(C(=O)COC(=O)c2ccc(N3C(=O)c4ccccc4C3=O)cc2)cc1. The number of ether oxygens (including phenoxy) is 1. The highest BCUT2D eigenvalue weighted by atomic mass is 16.5. The predicted octanol–water partition coefficient (Wildman–Crippen LogP) is 4.51. The third kappa shape index (κ3) is 4.93. The van der Waals surface area contributed by atoms with E-state index in [4.69, 9.17) is 4.74 Å². The molecule has 0 saturated heterocycles. The zero-order valence-corrected chi connectivity index (χ0v) is 20.0. The molecular weight excluding hydrogens is 460 g/mol. The first-order valence-electron chi connectivity index (χ1n) is 11.3. The number of amides is 3. The molecule has 3 aromatic carbocycles. The van der Waals surface area contributed by atoms with Crippen LogP contribution in [0.25, 0.3) is 0 Å². The van der Waals surface area contributed by atoms with Crippen LogP contribution in [-0.2, 0) is 9.53 Å². The van der Waals surface area contributed by atoms with E-state index in [9.17, 15) is 24.0 Å². The topological polar surface area (TPSA) is 110 Å². The minimum Gasteiger partial charge on any atom is -0.454 e. The lowest BCUT2D eigenvalue weighted by Crippen LogP contribution is -2.29. The van der Waals surface area contributed by atoms with Crippen LogP contribution < -0.4 is 10.2 Å². The number of nitrogens with zero attached hydrogens (tertiary/aromatic N) is 1. The molecule has 0 aromatic heterocycles. The zero-order chi connectivity index (χ0) is 26.0. The Labute approximate surface area is 207 Å². The molecular formula is C28H24N2O6. The fourth-order valence-corrected chi connectivity index (χ4v) is 3.53. The van der Waals surface area contributed by atoms with Crippen molar-refractivity contribution in [1.82, 2.24) is 0 Å². The van der Waals surface area contributed by atoms with Crippen molar-refractivity contribution in [2.24, 2.45) is 5.41 Å². The fourth-order valence-electron chi connectivity index (χ4n) is 3.53. The molecule has 0 fully saturated rings. The molecule has 8 heteroatoms. The number of benzene rings is 3. The van der Waals surface area contributed by atoms with E-state index in [2.05, 4.69) is 5.32 Å². The second-order valence-corrected chi connectivity index (χ2v) is 9.32. The number of Topliss-reactive ketones (excluding diaryl/α,β-unsaturated/α-hetero) is 1. The van der Waals surface area contributed by atoms with Crippen LogP contribution in [0.2, 0.25) is 0 Å². The second-order valence-electron chi connectivity index (χ2n) is 9.32. The maximum absolute atomic E-state index is 12.6. The highest BCUT2D eigenvalue weighted by Gasteiger charge is 2.36. The summed E-state index contributed by atoms with van der Waals surface area (Å²) in [5, 5.41) is 2.77. The van der Waals surface area contributed by atoms with Gasteiger partial charge in [0.05, 0.1) is 22.4 Å². The van der Waals surface area contributed by atoms with Gasteiger partial charge in [-0.25, -0.2) is 9.69 Å². The molecule has 0 saturated carbocycles. The molecule has 0 bridgehead atoms. The molecule has 3 aromatic rings. The standard InChI is InChI=1S/C28H24N2O6/c1-28(2,3)27(35)29-19-12-8-17(9-13-19)23(31)16-36-26(34)18-10-14-20(15-11-18)30-24(32)21-6-4-5-7-22(21)25(30)33/h4-15H,16H2,1-3H3,(H,29,35). The molecule has 8 nitrogen and oxygen atoms in total. The number of nitrogens with one attached hydrogen (secondary N) is 1. The Morgan fingerprint density at radius 1 is 0.778 bits per heavy atom. The first kappa shape index (κ1) is 24.5. The van der Waals surface area contributed by atoms with Crippen LogP contribution in [-0.4, -0.2) is 36.1 Å². The van der Waals surface area contributed by atoms with Crippen LogP contribution in [0.3, 0.4) is 0 Å². The lowest BCUT2D eigenvalue weighted by Gasteiger charge is -2.17. The molecule has 1 aliphatic heterocycles. The van der Waals surface area contributed by atoms with Crippen molar-refractivity contribution in [1.29, 1.82) is 0 Å². The summed E-state index contributed by atoms with van der Waals surface area (Å²) < 4.78 is 5.14. The normalized spacial score (nSPS) is 12.8. The lowest BCUT2D eigenvalue weighted by atomic mass is 9.95. The Kier molecular flexibility index (Phi) is 6.53. The van der Waals surface area contributed by atoms with Crippen LogP contribution in [0, 0.1) is 5.41 Å². The van der Waals surface area contributed by atoms with Crippen molar-refractivity contribution < 1.29 is 28.7 Å². The highest BCUT2D eigenvalue weighted by Crippen LogP contribution is 2.28. The summed E-state index contributed by atoms with van der Waals surface area (Å²) in [6.45, 7) is 4.93. The number of fused-ring (bicyclic) bond motifs is 1. The van der Waals surface area contributed by atoms with E-state index in [1.165, 1.54) is 24.3 Å². The molecule has 1 heterocycles. The lowest BCUT2D eigenvalue weighted by molar-refractivity contribution is -0.123. The van der Waals surface area contributed by atoms with Crippen molar-refractivity contribution in [3.05, 3.63) is 95.1 Å². The molecule has 1 N–H and O–H groups in total. The van der Waals surface area contributed by atoms with E-state index in [1.54, 1.807) is 69.3 Å². The monoisotopic (exact) mass is 484 g/mol. The first-order valence-corrected chi connectivity index (χ1v) is 11.3. The minimum atomic E-state index is -0.716. The third-order valence-corrected chi connectivity index (χ3v) is 5.64. The molecule has 36 heavy (non-hydrogen) atoms. The summed E-state index contributed by atoms with van der Waals surface area (Å²) in [4.78, 5) is 63.2. The average Bonchev–Trinajstić information content (AvgIpc) is 3.12. The van der Waals surface area contributed by atoms with Gasteiger partial charge in [0.25, 0.3) is 11.8 Å². The Bertz CT molecular complexity index is 1330. The van der Waals surface area contributed by atoms with E-state index in [0.29, 0.717) is 28.1 Å². The number of ketones is 1. The first-order chi connectivity index (χ1) is 17.1. The van der Waals surface area contributed by atoms with Gasteiger partial charge in [0, 0.05) is 16.7 Å². The molecule has 182 valence electrons. The summed E-state index contributed by atoms with van der Waals surface area (Å²) in [5.41, 5.74) is 1.49. The van der Waals surface area contributed by atoms with Crippen molar-refractivity contribution >= 4 is 40.8 Å². The predicted molar refractivity (Wildman–Crippen MR) is 133 cm³/mol. The highest BCUT2D eigenvalue weighted by molar-refractivity contribution is 6.34. The van der Waals surface area contributed by atoms with Crippen LogP contribution >= 0.6 is 0 Å². The fraction of sp³-hybridized carbons (Fsp3) is 0.179. The van der Waals surface area contributed by atoms with Gasteiger partial charge in [0.15, 0.2) is 12.4 Å². The summed E-state index contributed by atoms with van der Waals surface area (Å²) in [7, 11) is 0. The summed E-state index contributed by atoms with van der Waals surface area (Å²) in [6.07, 6.45) is 0. The minimum absolute atomic E-state index is 0.149. The Morgan fingerprint density at radius 3 is 1.83 bits per heavy atom. The number of carbonyl (C=O) groups excluding carboxylic acids is 5. The maximum atomic E-state index is 12.6. The van der Waals surface area contributed by atoms with Gasteiger partial charge < -0.3 is 10.1 Å². The van der Waals surface area contributed by atoms with Gasteiger partial charge in [-0.15, -0.1) is 0 Å². The van der Waals surface area contributed by atoms with Crippen LogP contribution in [0.1, 0.15) is 62.2 Å². The average molecular weight is 485 g/mol. The van der Waals surface area contributed by atoms with Crippen LogP contribution in [0.15, 0.2) is 72.8 Å². The smallest absolute Gasteiger partial charge is 0.338 e. The van der Waals surface area contributed by atoms with Crippen molar-refractivity contribution in [3.8, 4) is 0 Å². The largest absolute Gasteiger partial charge is 0.454 e. The summed E-state index contributed by atoms with van der Waals surface area (Å²) in [5.74, 6) is -2.13. The van der Waals surface area contributed by atoms with E-state index in [0.717, 1.165) is 4.90 Å². The molecule has 0 unspecified atom stereocenters. The molecule has 3 amide bonds. The van der Waals surface area contributed by atoms with Gasteiger partial charge in [0.1, 0.15) is 0 Å². The van der Waals surface area contributed by atoms with Crippen LogP contribution in [0.4, 0.5) is 11.4 Å². The zero-order valence-electron chi connectivity index (χ0n) is 20.0. The van der Waals surface area contributed by atoms with Crippen molar-refractivity contribution in [3.63, 3.8) is 0 Å². The Hall–Kier alpha value is -4.59. The number of anilines is 2. The number of imide groups is 1. The van der Waals surface area contributed by atoms with E-state index in [-0.39, 0.29) is 11.5 Å². The number of rotatable bonds is 6. The molecule has 1 aliphatic rings. The number of hydrogen-bond donors (Lipinski definition) is 1.